The van der Waals surface area contributed by atoms with Gasteiger partial charge in [-0.25, -0.2) is 0 Å². The fourth-order valence-electron chi connectivity index (χ4n) is 2.81. The van der Waals surface area contributed by atoms with E-state index in [4.69, 9.17) is 22.7 Å². The van der Waals surface area contributed by atoms with Crippen LogP contribution in [-0.2, 0) is 9.53 Å². The highest BCUT2D eigenvalue weighted by atomic mass is 32.1. The number of amides is 1. The Labute approximate surface area is 120 Å². The minimum atomic E-state index is -0.583. The Bertz CT molecular complexity index is 362. The van der Waals surface area contributed by atoms with E-state index in [0.29, 0.717) is 24.1 Å². The van der Waals surface area contributed by atoms with E-state index in [0.717, 1.165) is 25.4 Å². The van der Waals surface area contributed by atoms with Crippen LogP contribution in [-0.4, -0.2) is 42.6 Å². The minimum Gasteiger partial charge on any atom is -0.392 e. The SMILES string of the molecule is CC1CC(C(=O)N(C)CCOCC2CC2)(C(N)=S)C1. The standard InChI is InChI=1S/C14H24N2O2S/c1-10-7-14(8-10,12(15)19)13(17)16(2)5-6-18-9-11-3-4-11/h10-11H,3-9H2,1-2H3,(H2,15,19). The zero-order chi connectivity index (χ0) is 14.0. The highest BCUT2D eigenvalue weighted by Gasteiger charge is 2.51. The molecule has 0 aromatic heterocycles. The summed E-state index contributed by atoms with van der Waals surface area (Å²) in [6.07, 6.45) is 4.15. The van der Waals surface area contributed by atoms with Crippen molar-refractivity contribution >= 4 is 23.1 Å². The monoisotopic (exact) mass is 284 g/mol. The Kier molecular flexibility index (Phi) is 4.46. The molecule has 2 aliphatic rings. The van der Waals surface area contributed by atoms with E-state index < -0.39 is 5.41 Å². The van der Waals surface area contributed by atoms with E-state index in [1.54, 1.807) is 4.90 Å². The number of hydrogen-bond acceptors (Lipinski definition) is 3. The maximum atomic E-state index is 12.5. The lowest BCUT2D eigenvalue weighted by atomic mass is 9.61. The van der Waals surface area contributed by atoms with Crippen molar-refractivity contribution in [2.45, 2.75) is 32.6 Å². The number of carbonyl (C=O) groups excluding carboxylic acids is 1. The number of likely N-dealkylation sites (N-methyl/N-ethyl adjacent to an activating group) is 1. The average molecular weight is 284 g/mol. The Balaban J connectivity index is 1.78. The van der Waals surface area contributed by atoms with Crippen molar-refractivity contribution in [3.63, 3.8) is 0 Å². The molecular weight excluding hydrogens is 260 g/mol. The minimum absolute atomic E-state index is 0.0631. The second-order valence-electron chi connectivity index (χ2n) is 6.20. The van der Waals surface area contributed by atoms with Gasteiger partial charge in [-0.05, 0) is 37.5 Å². The van der Waals surface area contributed by atoms with E-state index >= 15 is 0 Å². The van der Waals surface area contributed by atoms with Crippen molar-refractivity contribution in [1.29, 1.82) is 0 Å². The molecule has 2 fully saturated rings. The first-order chi connectivity index (χ1) is 8.95. The molecule has 2 N–H and O–H groups in total. The fourth-order valence-corrected chi connectivity index (χ4v) is 3.07. The smallest absolute Gasteiger partial charge is 0.235 e. The number of nitrogens with zero attached hydrogens (tertiary/aromatic N) is 1. The summed E-state index contributed by atoms with van der Waals surface area (Å²) in [6.45, 7) is 4.17. The van der Waals surface area contributed by atoms with Crippen LogP contribution in [0.4, 0.5) is 0 Å². The Morgan fingerprint density at radius 1 is 1.47 bits per heavy atom. The second-order valence-corrected chi connectivity index (χ2v) is 6.64. The van der Waals surface area contributed by atoms with E-state index in [-0.39, 0.29) is 5.91 Å². The molecular formula is C14H24N2O2S. The molecule has 0 unspecified atom stereocenters. The number of hydrogen-bond donors (Lipinski definition) is 1. The molecule has 0 atom stereocenters. The van der Waals surface area contributed by atoms with Crippen LogP contribution in [0.5, 0.6) is 0 Å². The molecule has 108 valence electrons. The largest absolute Gasteiger partial charge is 0.392 e. The first-order valence-corrected chi connectivity index (χ1v) is 7.50. The molecule has 0 bridgehead atoms. The molecule has 5 heteroatoms. The highest BCUT2D eigenvalue weighted by Crippen LogP contribution is 2.46. The predicted molar refractivity (Wildman–Crippen MR) is 78.8 cm³/mol. The molecule has 0 saturated heterocycles. The van der Waals surface area contributed by atoms with Crippen molar-refractivity contribution in [2.24, 2.45) is 23.0 Å². The van der Waals surface area contributed by atoms with Crippen LogP contribution < -0.4 is 5.73 Å². The van der Waals surface area contributed by atoms with Gasteiger partial charge in [0.1, 0.15) is 0 Å². The summed E-state index contributed by atoms with van der Waals surface area (Å²) in [5.74, 6) is 1.36. The van der Waals surface area contributed by atoms with Gasteiger partial charge in [0.15, 0.2) is 0 Å². The normalized spacial score (nSPS) is 29.7. The van der Waals surface area contributed by atoms with Crippen LogP contribution in [0.25, 0.3) is 0 Å². The van der Waals surface area contributed by atoms with Gasteiger partial charge in [-0.3, -0.25) is 4.79 Å². The number of rotatable bonds is 7. The molecule has 0 spiro atoms. The van der Waals surface area contributed by atoms with Gasteiger partial charge in [0, 0.05) is 20.2 Å². The summed E-state index contributed by atoms with van der Waals surface area (Å²) < 4.78 is 5.57. The van der Waals surface area contributed by atoms with Gasteiger partial charge in [-0.1, -0.05) is 19.1 Å². The molecule has 2 saturated carbocycles. The molecule has 0 aromatic carbocycles. The maximum absolute atomic E-state index is 12.5. The van der Waals surface area contributed by atoms with E-state index in [1.807, 2.05) is 7.05 Å². The summed E-state index contributed by atoms with van der Waals surface area (Å²) in [6, 6.07) is 0. The molecule has 0 aromatic rings. The first kappa shape index (κ1) is 14.7. The van der Waals surface area contributed by atoms with Crippen molar-refractivity contribution in [1.82, 2.24) is 4.90 Å². The molecule has 1 amide bonds. The number of ether oxygens (including phenoxy) is 1. The third-order valence-electron chi connectivity index (χ3n) is 4.24. The Hall–Kier alpha value is -0.680. The maximum Gasteiger partial charge on any atom is 0.235 e. The Morgan fingerprint density at radius 2 is 2.11 bits per heavy atom. The molecule has 0 aliphatic heterocycles. The summed E-state index contributed by atoms with van der Waals surface area (Å²) >= 11 is 5.11. The van der Waals surface area contributed by atoms with Gasteiger partial charge in [0.2, 0.25) is 5.91 Å². The fraction of sp³-hybridized carbons (Fsp3) is 0.857. The summed E-state index contributed by atoms with van der Waals surface area (Å²) in [7, 11) is 1.81. The summed E-state index contributed by atoms with van der Waals surface area (Å²) in [5.41, 5.74) is 5.21. The zero-order valence-electron chi connectivity index (χ0n) is 11.9. The molecule has 0 heterocycles. The molecule has 4 nitrogen and oxygen atoms in total. The zero-order valence-corrected chi connectivity index (χ0v) is 12.7. The van der Waals surface area contributed by atoms with Crippen LogP contribution in [0.15, 0.2) is 0 Å². The van der Waals surface area contributed by atoms with Crippen LogP contribution in [0, 0.1) is 17.3 Å². The lowest BCUT2D eigenvalue weighted by Crippen LogP contribution is -2.56. The van der Waals surface area contributed by atoms with Crippen LogP contribution >= 0.6 is 12.2 Å². The first-order valence-electron chi connectivity index (χ1n) is 7.09. The highest BCUT2D eigenvalue weighted by molar-refractivity contribution is 7.80. The third-order valence-corrected chi connectivity index (χ3v) is 4.63. The van der Waals surface area contributed by atoms with E-state index in [2.05, 4.69) is 6.92 Å². The van der Waals surface area contributed by atoms with Crippen LogP contribution in [0.1, 0.15) is 32.6 Å². The molecule has 2 aliphatic carbocycles. The van der Waals surface area contributed by atoms with Crippen LogP contribution in [0.2, 0.25) is 0 Å². The van der Waals surface area contributed by atoms with Crippen molar-refractivity contribution in [3.8, 4) is 0 Å². The number of thiocarbonyl (C=S) groups is 1. The molecule has 19 heavy (non-hydrogen) atoms. The van der Waals surface area contributed by atoms with E-state index in [1.165, 1.54) is 12.8 Å². The summed E-state index contributed by atoms with van der Waals surface area (Å²) in [4.78, 5) is 14.5. The van der Waals surface area contributed by atoms with Crippen molar-refractivity contribution < 1.29 is 9.53 Å². The lowest BCUT2D eigenvalue weighted by molar-refractivity contribution is -0.143. The van der Waals surface area contributed by atoms with Crippen LogP contribution in [0.3, 0.4) is 0 Å². The van der Waals surface area contributed by atoms with Gasteiger partial charge in [0.05, 0.1) is 17.0 Å². The lowest BCUT2D eigenvalue weighted by Gasteiger charge is -2.46. The van der Waals surface area contributed by atoms with Gasteiger partial charge in [-0.2, -0.15) is 0 Å². The molecule has 2 rings (SSSR count). The van der Waals surface area contributed by atoms with Gasteiger partial charge < -0.3 is 15.4 Å². The number of carbonyl (C=O) groups is 1. The van der Waals surface area contributed by atoms with Crippen molar-refractivity contribution in [3.05, 3.63) is 0 Å². The topological polar surface area (TPSA) is 55.6 Å². The second kappa shape index (κ2) is 5.75. The molecule has 0 radical (unpaired) electrons. The Morgan fingerprint density at radius 3 is 2.58 bits per heavy atom. The van der Waals surface area contributed by atoms with Gasteiger partial charge >= 0.3 is 0 Å². The van der Waals surface area contributed by atoms with E-state index in [9.17, 15) is 4.79 Å². The van der Waals surface area contributed by atoms with Gasteiger partial charge in [-0.15, -0.1) is 0 Å². The third kappa shape index (κ3) is 3.26. The van der Waals surface area contributed by atoms with Gasteiger partial charge in [0.25, 0.3) is 0 Å². The number of nitrogens with two attached hydrogens (primary N) is 1. The quantitative estimate of drug-likeness (QED) is 0.569. The summed E-state index contributed by atoms with van der Waals surface area (Å²) in [5, 5.41) is 0. The van der Waals surface area contributed by atoms with Crippen molar-refractivity contribution in [2.75, 3.05) is 26.8 Å². The predicted octanol–water partition coefficient (Wildman–Crippen LogP) is 1.57. The average Bonchev–Trinajstić information content (AvgIpc) is 3.12.